The highest BCUT2D eigenvalue weighted by Crippen LogP contribution is 2.27. The molecule has 0 saturated carbocycles. The average molecular weight is 266 g/mol. The lowest BCUT2D eigenvalue weighted by molar-refractivity contribution is -0.148. The van der Waals surface area contributed by atoms with Crippen molar-refractivity contribution in [2.24, 2.45) is 11.1 Å². The molecule has 7 nitrogen and oxygen atoms in total. The van der Waals surface area contributed by atoms with E-state index in [1.807, 2.05) is 13.8 Å². The van der Waals surface area contributed by atoms with Crippen LogP contribution in [0, 0.1) is 5.41 Å². The van der Waals surface area contributed by atoms with E-state index in [9.17, 15) is 14.7 Å². The van der Waals surface area contributed by atoms with E-state index in [0.29, 0.717) is 12.8 Å². The van der Waals surface area contributed by atoms with E-state index in [1.165, 1.54) is 12.4 Å². The minimum atomic E-state index is -0.896. The van der Waals surface area contributed by atoms with Gasteiger partial charge in [-0.3, -0.25) is 9.59 Å². The topological polar surface area (TPSA) is 118 Å². The molecule has 1 aromatic heterocycles. The van der Waals surface area contributed by atoms with Crippen LogP contribution in [0.15, 0.2) is 12.4 Å². The maximum absolute atomic E-state index is 11.4. The van der Waals surface area contributed by atoms with Gasteiger partial charge in [0.1, 0.15) is 0 Å². The fourth-order valence-corrected chi connectivity index (χ4v) is 1.78. The Kier molecular flexibility index (Phi) is 4.80. The molecule has 4 N–H and O–H groups in total. The minimum Gasteiger partial charge on any atom is -0.481 e. The Labute approximate surface area is 111 Å². The van der Waals surface area contributed by atoms with Crippen molar-refractivity contribution in [1.82, 2.24) is 9.97 Å². The van der Waals surface area contributed by atoms with Gasteiger partial charge in [0.2, 0.25) is 0 Å². The second-order valence-electron chi connectivity index (χ2n) is 4.26. The number of hydrogen-bond donors (Lipinski definition) is 3. The van der Waals surface area contributed by atoms with Crippen molar-refractivity contribution in [3.8, 4) is 0 Å². The molecular formula is C12H18N4O3. The van der Waals surface area contributed by atoms with Gasteiger partial charge in [0, 0.05) is 18.9 Å². The molecular weight excluding hydrogens is 248 g/mol. The highest BCUT2D eigenvalue weighted by Gasteiger charge is 2.35. The Hall–Kier alpha value is -2.18. The fourth-order valence-electron chi connectivity index (χ4n) is 1.78. The first kappa shape index (κ1) is 14.9. The summed E-state index contributed by atoms with van der Waals surface area (Å²) in [4.78, 5) is 30.3. The quantitative estimate of drug-likeness (QED) is 0.674. The molecule has 0 atom stereocenters. The van der Waals surface area contributed by atoms with Crippen LogP contribution in [0.5, 0.6) is 0 Å². The molecule has 0 radical (unpaired) electrons. The summed E-state index contributed by atoms with van der Waals surface area (Å²) >= 11 is 0. The number of primary amides is 1. The van der Waals surface area contributed by atoms with Crippen LogP contribution in [0.1, 0.15) is 37.2 Å². The van der Waals surface area contributed by atoms with Gasteiger partial charge in [-0.25, -0.2) is 9.97 Å². The first-order valence-electron chi connectivity index (χ1n) is 6.05. The molecule has 1 amide bonds. The van der Waals surface area contributed by atoms with Crippen LogP contribution in [0.25, 0.3) is 0 Å². The van der Waals surface area contributed by atoms with E-state index >= 15 is 0 Å². The Morgan fingerprint density at radius 3 is 2.37 bits per heavy atom. The number of carbonyl (C=O) groups excluding carboxylic acids is 1. The van der Waals surface area contributed by atoms with Gasteiger partial charge in [-0.2, -0.15) is 0 Å². The molecule has 0 unspecified atom stereocenters. The Morgan fingerprint density at radius 2 is 1.89 bits per heavy atom. The molecule has 0 saturated heterocycles. The maximum Gasteiger partial charge on any atom is 0.311 e. The number of hydrogen-bond acceptors (Lipinski definition) is 5. The van der Waals surface area contributed by atoms with Gasteiger partial charge in [0.05, 0.1) is 5.41 Å². The molecule has 1 aromatic rings. The molecule has 0 aromatic carbocycles. The molecule has 0 bridgehead atoms. The third-order valence-electron chi connectivity index (χ3n) is 3.33. The average Bonchev–Trinajstić information content (AvgIpc) is 2.40. The number of rotatable bonds is 7. The molecule has 0 aliphatic rings. The van der Waals surface area contributed by atoms with Crippen molar-refractivity contribution >= 4 is 17.7 Å². The third-order valence-corrected chi connectivity index (χ3v) is 3.33. The van der Waals surface area contributed by atoms with Crippen molar-refractivity contribution in [1.29, 1.82) is 0 Å². The van der Waals surface area contributed by atoms with E-state index in [4.69, 9.17) is 5.73 Å². The Bertz CT molecular complexity index is 472. The molecule has 0 spiro atoms. The SMILES string of the molecule is CCC(CC)(CNc1nccnc1C(N)=O)C(=O)O. The maximum atomic E-state index is 11.4. The molecule has 0 aliphatic heterocycles. The van der Waals surface area contributed by atoms with Gasteiger partial charge in [-0.15, -0.1) is 0 Å². The number of carboxylic acids is 1. The van der Waals surface area contributed by atoms with Crippen LogP contribution in [0.3, 0.4) is 0 Å². The summed E-state index contributed by atoms with van der Waals surface area (Å²) in [5.41, 5.74) is 4.29. The first-order valence-corrected chi connectivity index (χ1v) is 6.05. The van der Waals surface area contributed by atoms with Crippen molar-refractivity contribution in [3.05, 3.63) is 18.1 Å². The van der Waals surface area contributed by atoms with E-state index < -0.39 is 17.3 Å². The van der Waals surface area contributed by atoms with Crippen LogP contribution in [0.4, 0.5) is 5.82 Å². The molecule has 19 heavy (non-hydrogen) atoms. The lowest BCUT2D eigenvalue weighted by Crippen LogP contribution is -2.37. The van der Waals surface area contributed by atoms with Crippen molar-refractivity contribution < 1.29 is 14.7 Å². The lowest BCUT2D eigenvalue weighted by atomic mass is 9.82. The summed E-state index contributed by atoms with van der Waals surface area (Å²) in [5, 5.41) is 12.2. The summed E-state index contributed by atoms with van der Waals surface area (Å²) in [6, 6.07) is 0. The molecule has 104 valence electrons. The second kappa shape index (κ2) is 6.12. The number of carboxylic acid groups (broad SMARTS) is 1. The molecule has 0 aliphatic carbocycles. The molecule has 1 rings (SSSR count). The Morgan fingerprint density at radius 1 is 1.32 bits per heavy atom. The summed E-state index contributed by atoms with van der Waals surface area (Å²) in [6.45, 7) is 3.78. The van der Waals surface area contributed by atoms with Gasteiger partial charge < -0.3 is 16.2 Å². The minimum absolute atomic E-state index is 0.00833. The number of nitrogens with two attached hydrogens (primary N) is 1. The normalized spacial score (nSPS) is 11.1. The van der Waals surface area contributed by atoms with Gasteiger partial charge in [0.15, 0.2) is 11.5 Å². The van der Waals surface area contributed by atoms with Crippen molar-refractivity contribution in [2.45, 2.75) is 26.7 Å². The fraction of sp³-hybridized carbons (Fsp3) is 0.500. The summed E-state index contributed by atoms with van der Waals surface area (Å²) in [7, 11) is 0. The van der Waals surface area contributed by atoms with Gasteiger partial charge >= 0.3 is 5.97 Å². The van der Waals surface area contributed by atoms with E-state index in [2.05, 4.69) is 15.3 Å². The first-order chi connectivity index (χ1) is 8.96. The monoisotopic (exact) mass is 266 g/mol. The molecule has 1 heterocycles. The van der Waals surface area contributed by atoms with Crippen LogP contribution >= 0.6 is 0 Å². The standard InChI is InChI=1S/C12H18N4O3/c1-3-12(4-2,11(18)19)7-16-10-8(9(13)17)14-5-6-15-10/h5-6H,3-4,7H2,1-2H3,(H2,13,17)(H,15,16)(H,18,19). The predicted octanol–water partition coefficient (Wildman–Crippen LogP) is 0.878. The number of aromatic nitrogens is 2. The number of anilines is 1. The van der Waals surface area contributed by atoms with Crippen LogP contribution < -0.4 is 11.1 Å². The number of nitrogens with zero attached hydrogens (tertiary/aromatic N) is 2. The zero-order chi connectivity index (χ0) is 14.5. The van der Waals surface area contributed by atoms with Crippen LogP contribution in [0.2, 0.25) is 0 Å². The van der Waals surface area contributed by atoms with Gasteiger partial charge in [0.25, 0.3) is 5.91 Å². The number of amides is 1. The van der Waals surface area contributed by atoms with E-state index in [1.54, 1.807) is 0 Å². The predicted molar refractivity (Wildman–Crippen MR) is 69.7 cm³/mol. The smallest absolute Gasteiger partial charge is 0.311 e. The summed E-state index contributed by atoms with van der Waals surface area (Å²) < 4.78 is 0. The van der Waals surface area contributed by atoms with Crippen molar-refractivity contribution in [2.75, 3.05) is 11.9 Å². The molecule has 0 fully saturated rings. The zero-order valence-electron chi connectivity index (χ0n) is 11.0. The largest absolute Gasteiger partial charge is 0.481 e. The van der Waals surface area contributed by atoms with Crippen LogP contribution in [-0.4, -0.2) is 33.5 Å². The van der Waals surface area contributed by atoms with Gasteiger partial charge in [-0.05, 0) is 12.8 Å². The zero-order valence-corrected chi connectivity index (χ0v) is 11.0. The van der Waals surface area contributed by atoms with Crippen LogP contribution in [-0.2, 0) is 4.79 Å². The third kappa shape index (κ3) is 3.18. The second-order valence-corrected chi connectivity index (χ2v) is 4.26. The number of carbonyl (C=O) groups is 2. The van der Waals surface area contributed by atoms with E-state index in [-0.39, 0.29) is 18.1 Å². The number of aliphatic carboxylic acids is 1. The summed E-state index contributed by atoms with van der Waals surface area (Å²) in [5.74, 6) is -1.37. The van der Waals surface area contributed by atoms with E-state index in [0.717, 1.165) is 0 Å². The van der Waals surface area contributed by atoms with Crippen molar-refractivity contribution in [3.63, 3.8) is 0 Å². The summed E-state index contributed by atoms with van der Waals surface area (Å²) in [6.07, 6.45) is 3.71. The highest BCUT2D eigenvalue weighted by atomic mass is 16.4. The molecule has 7 heteroatoms. The highest BCUT2D eigenvalue weighted by molar-refractivity contribution is 5.95. The van der Waals surface area contributed by atoms with Gasteiger partial charge in [-0.1, -0.05) is 13.8 Å². The Balaban J connectivity index is 2.92. The lowest BCUT2D eigenvalue weighted by Gasteiger charge is -2.27. The number of nitrogens with one attached hydrogen (secondary N) is 1.